The lowest BCUT2D eigenvalue weighted by atomic mass is 10.1. The first-order valence-corrected chi connectivity index (χ1v) is 7.52. The maximum absolute atomic E-state index is 12.3. The maximum Gasteiger partial charge on any atom is 0.222 e. The summed E-state index contributed by atoms with van der Waals surface area (Å²) >= 11 is 0. The molecule has 112 valence electrons. The average molecular weight is 278 g/mol. The van der Waals surface area contributed by atoms with Crippen LogP contribution >= 0.6 is 0 Å². The quantitative estimate of drug-likeness (QED) is 0.832. The van der Waals surface area contributed by atoms with Crippen LogP contribution in [0.1, 0.15) is 30.3 Å². The Labute approximate surface area is 121 Å². The Bertz CT molecular complexity index is 472. The lowest BCUT2D eigenvalue weighted by molar-refractivity contribution is -0.132. The summed E-state index contributed by atoms with van der Waals surface area (Å²) in [7, 11) is 2.10. The summed E-state index contributed by atoms with van der Waals surface area (Å²) in [5, 5.41) is 4.51. The van der Waals surface area contributed by atoms with Gasteiger partial charge >= 0.3 is 0 Å². The van der Waals surface area contributed by atoms with E-state index < -0.39 is 0 Å². The van der Waals surface area contributed by atoms with Crippen LogP contribution in [-0.2, 0) is 17.8 Å². The van der Waals surface area contributed by atoms with Gasteiger partial charge in [0.2, 0.25) is 5.91 Å². The van der Waals surface area contributed by atoms with Gasteiger partial charge in [-0.2, -0.15) is 5.10 Å². The van der Waals surface area contributed by atoms with E-state index in [9.17, 15) is 4.79 Å². The van der Waals surface area contributed by atoms with Crippen LogP contribution in [0.4, 0.5) is 0 Å². The first kappa shape index (κ1) is 15.0. The van der Waals surface area contributed by atoms with Crippen LogP contribution in [0, 0.1) is 13.8 Å². The second-order valence-corrected chi connectivity index (χ2v) is 5.65. The molecule has 1 amide bonds. The number of aromatic nitrogens is 2. The fourth-order valence-electron chi connectivity index (χ4n) is 2.85. The number of amides is 1. The zero-order valence-electron chi connectivity index (χ0n) is 13.1. The Morgan fingerprint density at radius 2 is 1.85 bits per heavy atom. The molecule has 1 aliphatic heterocycles. The molecule has 0 spiro atoms. The minimum atomic E-state index is 0.279. The highest BCUT2D eigenvalue weighted by atomic mass is 16.2. The number of likely N-dealkylation sites (N-methyl/N-ethyl adjacent to an activating group) is 1. The molecule has 0 atom stereocenters. The van der Waals surface area contributed by atoms with Crippen LogP contribution in [0.15, 0.2) is 0 Å². The zero-order valence-corrected chi connectivity index (χ0v) is 13.1. The summed E-state index contributed by atoms with van der Waals surface area (Å²) in [5.74, 6) is 0.279. The summed E-state index contributed by atoms with van der Waals surface area (Å²) in [6, 6.07) is 0. The first-order valence-electron chi connectivity index (χ1n) is 7.52. The molecule has 0 aromatic carbocycles. The molecule has 5 nitrogen and oxygen atoms in total. The Balaban J connectivity index is 1.92. The maximum atomic E-state index is 12.3. The van der Waals surface area contributed by atoms with E-state index in [1.54, 1.807) is 0 Å². The summed E-state index contributed by atoms with van der Waals surface area (Å²) in [4.78, 5) is 16.5. The van der Waals surface area contributed by atoms with E-state index in [1.165, 1.54) is 11.3 Å². The van der Waals surface area contributed by atoms with Crippen molar-refractivity contribution >= 4 is 5.91 Å². The van der Waals surface area contributed by atoms with E-state index in [2.05, 4.69) is 30.9 Å². The normalized spacial score (nSPS) is 16.7. The van der Waals surface area contributed by atoms with Crippen LogP contribution in [0.25, 0.3) is 0 Å². The van der Waals surface area contributed by atoms with Crippen molar-refractivity contribution in [3.05, 3.63) is 17.0 Å². The number of carbonyl (C=O) groups excluding carboxylic acids is 1. The standard InChI is InChI=1S/C15H26N4O/c1-5-19-13(3)14(12(2)16-19)6-7-15(20)18-10-8-17(4)9-11-18/h5-11H2,1-4H3. The minimum Gasteiger partial charge on any atom is -0.340 e. The SMILES string of the molecule is CCn1nc(C)c(CCC(=O)N2CCN(C)CC2)c1C. The number of rotatable bonds is 4. The summed E-state index contributed by atoms with van der Waals surface area (Å²) in [5.41, 5.74) is 3.51. The first-order chi connectivity index (χ1) is 9.52. The van der Waals surface area contributed by atoms with Gasteiger partial charge in [-0.05, 0) is 39.8 Å². The van der Waals surface area contributed by atoms with Crippen LogP contribution in [-0.4, -0.2) is 58.7 Å². The van der Waals surface area contributed by atoms with Gasteiger partial charge in [0.25, 0.3) is 0 Å². The van der Waals surface area contributed by atoms with Crippen LogP contribution < -0.4 is 0 Å². The molecule has 2 heterocycles. The van der Waals surface area contributed by atoms with Crippen molar-refractivity contribution in [3.8, 4) is 0 Å². The van der Waals surface area contributed by atoms with Gasteiger partial charge in [-0.1, -0.05) is 0 Å². The average Bonchev–Trinajstić information content (AvgIpc) is 2.71. The van der Waals surface area contributed by atoms with E-state index in [4.69, 9.17) is 0 Å². The van der Waals surface area contributed by atoms with E-state index in [0.717, 1.165) is 44.8 Å². The molecule has 1 aliphatic rings. The third kappa shape index (κ3) is 3.20. The largest absolute Gasteiger partial charge is 0.340 e. The highest BCUT2D eigenvalue weighted by Gasteiger charge is 2.20. The van der Waals surface area contributed by atoms with Gasteiger partial charge in [-0.25, -0.2) is 0 Å². The fraction of sp³-hybridized carbons (Fsp3) is 0.733. The van der Waals surface area contributed by atoms with Crippen molar-refractivity contribution < 1.29 is 4.79 Å². The second-order valence-electron chi connectivity index (χ2n) is 5.65. The van der Waals surface area contributed by atoms with Crippen molar-refractivity contribution in [2.45, 2.75) is 40.2 Å². The molecule has 0 saturated carbocycles. The number of carbonyl (C=O) groups is 1. The molecular weight excluding hydrogens is 252 g/mol. The molecule has 1 aromatic rings. The number of hydrogen-bond donors (Lipinski definition) is 0. The Kier molecular flexibility index (Phi) is 4.81. The second kappa shape index (κ2) is 6.39. The van der Waals surface area contributed by atoms with E-state index in [0.29, 0.717) is 6.42 Å². The van der Waals surface area contributed by atoms with Gasteiger partial charge in [0.05, 0.1) is 5.69 Å². The molecule has 1 saturated heterocycles. The Hall–Kier alpha value is -1.36. The smallest absolute Gasteiger partial charge is 0.222 e. The monoisotopic (exact) mass is 278 g/mol. The van der Waals surface area contributed by atoms with Gasteiger partial charge in [0.15, 0.2) is 0 Å². The van der Waals surface area contributed by atoms with Crippen molar-refractivity contribution in [1.29, 1.82) is 0 Å². The topological polar surface area (TPSA) is 41.4 Å². The summed E-state index contributed by atoms with van der Waals surface area (Å²) in [6.45, 7) is 10.8. The van der Waals surface area contributed by atoms with E-state index in [-0.39, 0.29) is 5.91 Å². The predicted molar refractivity (Wildman–Crippen MR) is 79.8 cm³/mol. The molecule has 0 radical (unpaired) electrons. The van der Waals surface area contributed by atoms with Crippen LogP contribution in [0.5, 0.6) is 0 Å². The highest BCUT2D eigenvalue weighted by molar-refractivity contribution is 5.76. The van der Waals surface area contributed by atoms with Crippen LogP contribution in [0.2, 0.25) is 0 Å². The molecule has 1 aromatic heterocycles. The number of nitrogens with zero attached hydrogens (tertiary/aromatic N) is 4. The van der Waals surface area contributed by atoms with Crippen molar-refractivity contribution in [1.82, 2.24) is 19.6 Å². The molecule has 2 rings (SSSR count). The minimum absolute atomic E-state index is 0.279. The third-order valence-corrected chi connectivity index (χ3v) is 4.28. The Morgan fingerprint density at radius 1 is 1.20 bits per heavy atom. The van der Waals surface area contributed by atoms with Crippen molar-refractivity contribution in [3.63, 3.8) is 0 Å². The van der Waals surface area contributed by atoms with Gasteiger partial charge in [-0.15, -0.1) is 0 Å². The molecule has 0 aliphatic carbocycles. The summed E-state index contributed by atoms with van der Waals surface area (Å²) < 4.78 is 2.02. The lowest BCUT2D eigenvalue weighted by Crippen LogP contribution is -2.47. The zero-order chi connectivity index (χ0) is 14.7. The Morgan fingerprint density at radius 3 is 2.40 bits per heavy atom. The van der Waals surface area contributed by atoms with Crippen molar-refractivity contribution in [2.24, 2.45) is 0 Å². The number of aryl methyl sites for hydroxylation is 2. The van der Waals surface area contributed by atoms with Gasteiger partial charge in [-0.3, -0.25) is 9.48 Å². The van der Waals surface area contributed by atoms with Gasteiger partial charge in [0.1, 0.15) is 0 Å². The number of piperazine rings is 1. The van der Waals surface area contributed by atoms with Gasteiger partial charge < -0.3 is 9.80 Å². The predicted octanol–water partition coefficient (Wildman–Crippen LogP) is 1.23. The lowest BCUT2D eigenvalue weighted by Gasteiger charge is -2.32. The molecule has 0 bridgehead atoms. The fourth-order valence-corrected chi connectivity index (χ4v) is 2.85. The molecule has 20 heavy (non-hydrogen) atoms. The summed E-state index contributed by atoms with van der Waals surface area (Å²) in [6.07, 6.45) is 1.41. The number of hydrogen-bond acceptors (Lipinski definition) is 3. The molecule has 0 N–H and O–H groups in total. The van der Waals surface area contributed by atoms with Crippen molar-refractivity contribution in [2.75, 3.05) is 33.2 Å². The van der Waals surface area contributed by atoms with Gasteiger partial charge in [0, 0.05) is 44.8 Å². The molecular formula is C15H26N4O. The van der Waals surface area contributed by atoms with Crippen LogP contribution in [0.3, 0.4) is 0 Å². The highest BCUT2D eigenvalue weighted by Crippen LogP contribution is 2.16. The third-order valence-electron chi connectivity index (χ3n) is 4.28. The van der Waals surface area contributed by atoms with E-state index >= 15 is 0 Å². The molecule has 5 heteroatoms. The molecule has 0 unspecified atom stereocenters. The molecule has 1 fully saturated rings. The van der Waals surface area contributed by atoms with E-state index in [1.807, 2.05) is 16.5 Å².